The number of aromatic hydroxyl groups is 1. The van der Waals surface area contributed by atoms with Gasteiger partial charge in [-0.1, -0.05) is 12.1 Å². The fourth-order valence-corrected chi connectivity index (χ4v) is 3.51. The Hall–Kier alpha value is -2.01. The van der Waals surface area contributed by atoms with E-state index in [0.717, 1.165) is 36.2 Å². The first kappa shape index (κ1) is 13.9. The predicted octanol–water partition coefficient (Wildman–Crippen LogP) is 4.13. The molecule has 110 valence electrons. The number of urea groups is 1. The van der Waals surface area contributed by atoms with Crippen molar-refractivity contribution >= 4 is 23.1 Å². The van der Waals surface area contributed by atoms with E-state index in [1.165, 1.54) is 0 Å². The fraction of sp³-hybridized carbons (Fsp3) is 0.312. The van der Waals surface area contributed by atoms with Gasteiger partial charge >= 0.3 is 6.03 Å². The summed E-state index contributed by atoms with van der Waals surface area (Å²) < 4.78 is 0. The number of amides is 2. The van der Waals surface area contributed by atoms with Crippen molar-refractivity contribution in [3.8, 4) is 5.75 Å². The lowest BCUT2D eigenvalue weighted by Crippen LogP contribution is -2.34. The molecule has 1 fully saturated rings. The molecule has 2 aromatic rings. The van der Waals surface area contributed by atoms with E-state index < -0.39 is 0 Å². The summed E-state index contributed by atoms with van der Waals surface area (Å²) in [5.74, 6) is 0.252. The van der Waals surface area contributed by atoms with Crippen molar-refractivity contribution < 1.29 is 9.90 Å². The van der Waals surface area contributed by atoms with Gasteiger partial charge < -0.3 is 15.3 Å². The molecule has 1 aliphatic rings. The summed E-state index contributed by atoms with van der Waals surface area (Å²) in [7, 11) is 0. The predicted molar refractivity (Wildman–Crippen MR) is 84.9 cm³/mol. The van der Waals surface area contributed by atoms with Crippen LogP contribution in [-0.4, -0.2) is 22.6 Å². The molecule has 1 aliphatic heterocycles. The third-order valence-corrected chi connectivity index (χ3v) is 4.75. The van der Waals surface area contributed by atoms with E-state index in [4.69, 9.17) is 0 Å². The van der Waals surface area contributed by atoms with Gasteiger partial charge in [-0.05, 0) is 48.4 Å². The highest BCUT2D eigenvalue weighted by Crippen LogP contribution is 2.33. The van der Waals surface area contributed by atoms with E-state index >= 15 is 0 Å². The molecule has 21 heavy (non-hydrogen) atoms. The Morgan fingerprint density at radius 3 is 2.76 bits per heavy atom. The van der Waals surface area contributed by atoms with Crippen molar-refractivity contribution in [3.63, 3.8) is 0 Å². The maximum Gasteiger partial charge on any atom is 0.322 e. The molecule has 4 nitrogen and oxygen atoms in total. The molecule has 0 saturated carbocycles. The van der Waals surface area contributed by atoms with E-state index in [0.29, 0.717) is 0 Å². The third kappa shape index (κ3) is 2.88. The van der Waals surface area contributed by atoms with Gasteiger partial charge in [-0.2, -0.15) is 0 Å². The quantitative estimate of drug-likeness (QED) is 0.876. The first-order valence-corrected chi connectivity index (χ1v) is 7.99. The van der Waals surface area contributed by atoms with Gasteiger partial charge in [-0.15, -0.1) is 11.3 Å². The van der Waals surface area contributed by atoms with Crippen molar-refractivity contribution in [2.24, 2.45) is 0 Å². The van der Waals surface area contributed by atoms with Gasteiger partial charge in [0.25, 0.3) is 0 Å². The van der Waals surface area contributed by atoms with Gasteiger partial charge in [0.1, 0.15) is 5.75 Å². The molecule has 3 rings (SSSR count). The Kier molecular flexibility index (Phi) is 3.84. The first-order chi connectivity index (χ1) is 10.1. The molecule has 2 N–H and O–H groups in total. The molecule has 1 aromatic carbocycles. The number of hydrogen-bond donors (Lipinski definition) is 2. The zero-order chi connectivity index (χ0) is 14.8. The van der Waals surface area contributed by atoms with Crippen LogP contribution in [0.25, 0.3) is 0 Å². The molecule has 0 spiro atoms. The second kappa shape index (κ2) is 5.77. The van der Waals surface area contributed by atoms with Crippen LogP contribution in [0, 0.1) is 6.92 Å². The smallest absolute Gasteiger partial charge is 0.322 e. The number of rotatable bonds is 2. The number of likely N-dealkylation sites (tertiary alicyclic amines) is 1. The SMILES string of the molecule is Cc1cscc1NC(=O)N1CCCC1c1ccc(O)cc1. The number of carbonyl (C=O) groups is 1. The number of carbonyl (C=O) groups excluding carboxylic acids is 1. The van der Waals surface area contributed by atoms with Crippen LogP contribution in [-0.2, 0) is 0 Å². The van der Waals surface area contributed by atoms with Gasteiger partial charge in [-0.3, -0.25) is 0 Å². The molecule has 2 heterocycles. The molecule has 0 radical (unpaired) electrons. The second-order valence-corrected chi connectivity index (χ2v) is 6.09. The molecule has 2 amide bonds. The number of phenols is 1. The van der Waals surface area contributed by atoms with E-state index in [2.05, 4.69) is 5.32 Å². The number of aryl methyl sites for hydroxylation is 1. The van der Waals surface area contributed by atoms with Crippen LogP contribution >= 0.6 is 11.3 Å². The highest BCUT2D eigenvalue weighted by atomic mass is 32.1. The van der Waals surface area contributed by atoms with Crippen LogP contribution in [0.4, 0.5) is 10.5 Å². The largest absolute Gasteiger partial charge is 0.508 e. The van der Waals surface area contributed by atoms with Gasteiger partial charge in [0.2, 0.25) is 0 Å². The second-order valence-electron chi connectivity index (χ2n) is 5.34. The lowest BCUT2D eigenvalue weighted by molar-refractivity contribution is 0.207. The molecule has 0 bridgehead atoms. The zero-order valence-electron chi connectivity index (χ0n) is 11.9. The average Bonchev–Trinajstić information content (AvgIpc) is 3.09. The standard InChI is InChI=1S/C16H18N2O2S/c1-11-9-21-10-14(11)17-16(20)18-8-2-3-15(18)12-4-6-13(19)7-5-12/h4-7,9-10,15,19H,2-3,8H2,1H3,(H,17,20). The van der Waals surface area contributed by atoms with Gasteiger partial charge in [0.05, 0.1) is 11.7 Å². The molecule has 1 saturated heterocycles. The highest BCUT2D eigenvalue weighted by molar-refractivity contribution is 7.08. The van der Waals surface area contributed by atoms with Gasteiger partial charge in [-0.25, -0.2) is 4.79 Å². The maximum atomic E-state index is 12.5. The molecule has 5 heteroatoms. The summed E-state index contributed by atoms with van der Waals surface area (Å²) >= 11 is 1.59. The van der Waals surface area contributed by atoms with Crippen LogP contribution in [0.1, 0.15) is 30.0 Å². The zero-order valence-corrected chi connectivity index (χ0v) is 12.7. The van der Waals surface area contributed by atoms with Gasteiger partial charge in [0, 0.05) is 11.9 Å². The molecular formula is C16H18N2O2S. The maximum absolute atomic E-state index is 12.5. The lowest BCUT2D eigenvalue weighted by atomic mass is 10.0. The van der Waals surface area contributed by atoms with Crippen molar-refractivity contribution in [2.45, 2.75) is 25.8 Å². The number of nitrogens with zero attached hydrogens (tertiary/aromatic N) is 1. The summed E-state index contributed by atoms with van der Waals surface area (Å²) in [4.78, 5) is 14.4. The average molecular weight is 302 g/mol. The van der Waals surface area contributed by atoms with Crippen molar-refractivity contribution in [2.75, 3.05) is 11.9 Å². The minimum Gasteiger partial charge on any atom is -0.508 e. The molecular weight excluding hydrogens is 284 g/mol. The topological polar surface area (TPSA) is 52.6 Å². The first-order valence-electron chi connectivity index (χ1n) is 7.04. The number of benzene rings is 1. The van der Waals surface area contributed by atoms with E-state index in [9.17, 15) is 9.90 Å². The van der Waals surface area contributed by atoms with Crippen molar-refractivity contribution in [1.82, 2.24) is 4.90 Å². The van der Waals surface area contributed by atoms with Crippen LogP contribution in [0.5, 0.6) is 5.75 Å². The Bertz CT molecular complexity index is 636. The summed E-state index contributed by atoms with van der Waals surface area (Å²) in [6.07, 6.45) is 1.96. The minimum absolute atomic E-state index is 0.0490. The van der Waals surface area contributed by atoms with E-state index in [1.807, 2.05) is 34.7 Å². The Balaban J connectivity index is 1.76. The van der Waals surface area contributed by atoms with Crippen molar-refractivity contribution in [1.29, 1.82) is 0 Å². The van der Waals surface area contributed by atoms with Crippen LogP contribution in [0.2, 0.25) is 0 Å². The van der Waals surface area contributed by atoms with E-state index in [1.54, 1.807) is 23.5 Å². The normalized spacial score (nSPS) is 18.0. The van der Waals surface area contributed by atoms with Crippen LogP contribution < -0.4 is 5.32 Å². The lowest BCUT2D eigenvalue weighted by Gasteiger charge is -2.25. The van der Waals surface area contributed by atoms with Crippen molar-refractivity contribution in [3.05, 3.63) is 46.2 Å². The summed E-state index contributed by atoms with van der Waals surface area (Å²) in [6, 6.07) is 7.17. The highest BCUT2D eigenvalue weighted by Gasteiger charge is 2.30. The Morgan fingerprint density at radius 2 is 2.10 bits per heavy atom. The Morgan fingerprint density at radius 1 is 1.33 bits per heavy atom. The summed E-state index contributed by atoms with van der Waals surface area (Å²) in [5.41, 5.74) is 3.05. The Labute approximate surface area is 128 Å². The number of nitrogens with one attached hydrogen (secondary N) is 1. The third-order valence-electron chi connectivity index (χ3n) is 3.89. The molecule has 0 aliphatic carbocycles. The number of anilines is 1. The fourth-order valence-electron chi connectivity index (χ4n) is 2.73. The van der Waals surface area contributed by atoms with Gasteiger partial charge in [0.15, 0.2) is 0 Å². The molecule has 1 atom stereocenters. The summed E-state index contributed by atoms with van der Waals surface area (Å²) in [5, 5.41) is 16.4. The number of phenolic OH excluding ortho intramolecular Hbond substituents is 1. The number of hydrogen-bond acceptors (Lipinski definition) is 3. The minimum atomic E-state index is -0.0490. The van der Waals surface area contributed by atoms with E-state index in [-0.39, 0.29) is 17.8 Å². The monoisotopic (exact) mass is 302 g/mol. The molecule has 1 aromatic heterocycles. The van der Waals surface area contributed by atoms with Crippen LogP contribution in [0.15, 0.2) is 35.0 Å². The van der Waals surface area contributed by atoms with Crippen LogP contribution in [0.3, 0.4) is 0 Å². The number of thiophene rings is 1. The molecule has 1 unspecified atom stereocenters. The summed E-state index contributed by atoms with van der Waals surface area (Å²) in [6.45, 7) is 2.76.